The predicted octanol–water partition coefficient (Wildman–Crippen LogP) is 5.72. The molecule has 1 heterocycles. The zero-order valence-corrected chi connectivity index (χ0v) is 21.1. The van der Waals surface area contributed by atoms with E-state index in [1.54, 1.807) is 18.7 Å². The van der Waals surface area contributed by atoms with Crippen molar-refractivity contribution in [1.82, 2.24) is 10.2 Å². The molecule has 6 nitrogen and oxygen atoms in total. The molecule has 0 saturated heterocycles. The highest BCUT2D eigenvalue weighted by molar-refractivity contribution is 5.88. The Morgan fingerprint density at radius 2 is 1.94 bits per heavy atom. The second kappa shape index (κ2) is 11.8. The summed E-state index contributed by atoms with van der Waals surface area (Å²) in [6.07, 6.45) is 5.89. The summed E-state index contributed by atoms with van der Waals surface area (Å²) in [6.45, 7) is 15.1. The van der Waals surface area contributed by atoms with Crippen molar-refractivity contribution in [3.8, 4) is 0 Å². The SMILES string of the molecule is CC=N/C=C(\C)C[C@H](NC(=O)CC(C)(C)C)C(=O)N(Cc1ccc2occc2c1)CC(C)C. The maximum absolute atomic E-state index is 13.7. The molecule has 0 unspecified atom stereocenters. The lowest BCUT2D eigenvalue weighted by Crippen LogP contribution is -2.49. The van der Waals surface area contributed by atoms with Crippen molar-refractivity contribution in [3.63, 3.8) is 0 Å². The molecule has 1 atom stereocenters. The molecule has 0 saturated carbocycles. The van der Waals surface area contributed by atoms with E-state index < -0.39 is 6.04 Å². The van der Waals surface area contributed by atoms with Crippen LogP contribution >= 0.6 is 0 Å². The molecule has 2 amide bonds. The molecule has 1 N–H and O–H groups in total. The molecule has 2 rings (SSSR count). The third kappa shape index (κ3) is 8.87. The zero-order valence-electron chi connectivity index (χ0n) is 21.1. The second-order valence-electron chi connectivity index (χ2n) is 10.3. The Hall–Kier alpha value is -2.89. The first-order valence-corrected chi connectivity index (χ1v) is 11.7. The first-order chi connectivity index (χ1) is 15.5. The van der Waals surface area contributed by atoms with Crippen molar-refractivity contribution in [1.29, 1.82) is 0 Å². The van der Waals surface area contributed by atoms with Gasteiger partial charge in [-0.2, -0.15) is 0 Å². The van der Waals surface area contributed by atoms with Crippen LogP contribution in [0.2, 0.25) is 0 Å². The highest BCUT2D eigenvalue weighted by atomic mass is 16.3. The molecule has 0 spiro atoms. The second-order valence-corrected chi connectivity index (χ2v) is 10.3. The number of hydrogen-bond donors (Lipinski definition) is 1. The van der Waals surface area contributed by atoms with Gasteiger partial charge >= 0.3 is 0 Å². The minimum atomic E-state index is -0.639. The number of rotatable bonds is 10. The van der Waals surface area contributed by atoms with E-state index >= 15 is 0 Å². The standard InChI is InChI=1S/C27H39N3O3/c1-8-28-16-20(4)13-23(29-25(31)15-27(5,6)7)26(32)30(17-19(2)3)18-21-9-10-24-22(14-21)11-12-33-24/h8-12,14,16,19,23H,13,15,17-18H2,1-7H3,(H,29,31)/b20-16+,28-8?/t23-/m0/s1. The smallest absolute Gasteiger partial charge is 0.245 e. The van der Waals surface area contributed by atoms with Gasteiger partial charge in [0.1, 0.15) is 11.6 Å². The normalized spacial score (nSPS) is 13.6. The number of benzene rings is 1. The summed E-state index contributed by atoms with van der Waals surface area (Å²) < 4.78 is 5.44. The Kier molecular flexibility index (Phi) is 9.44. The molecule has 1 aromatic carbocycles. The summed E-state index contributed by atoms with van der Waals surface area (Å²) >= 11 is 0. The number of furan rings is 1. The maximum Gasteiger partial charge on any atom is 0.245 e. The molecule has 0 radical (unpaired) electrons. The van der Waals surface area contributed by atoms with Crippen LogP contribution in [0.25, 0.3) is 11.0 Å². The fourth-order valence-electron chi connectivity index (χ4n) is 3.73. The largest absolute Gasteiger partial charge is 0.464 e. The third-order valence-electron chi connectivity index (χ3n) is 5.08. The van der Waals surface area contributed by atoms with Crippen molar-refractivity contribution in [2.75, 3.05) is 6.54 Å². The Morgan fingerprint density at radius 1 is 1.21 bits per heavy atom. The topological polar surface area (TPSA) is 74.9 Å². The van der Waals surface area contributed by atoms with Crippen molar-refractivity contribution < 1.29 is 14.0 Å². The van der Waals surface area contributed by atoms with Crippen molar-refractivity contribution in [2.45, 2.75) is 73.9 Å². The fourth-order valence-corrected chi connectivity index (χ4v) is 3.73. The quantitative estimate of drug-likeness (QED) is 0.467. The molecule has 0 bridgehead atoms. The minimum absolute atomic E-state index is 0.0773. The Morgan fingerprint density at radius 3 is 2.58 bits per heavy atom. The first kappa shape index (κ1) is 26.4. The molecule has 1 aromatic heterocycles. The average Bonchev–Trinajstić information content (AvgIpc) is 3.17. The van der Waals surface area contributed by atoms with E-state index in [1.165, 1.54) is 0 Å². The van der Waals surface area contributed by atoms with E-state index in [9.17, 15) is 9.59 Å². The first-order valence-electron chi connectivity index (χ1n) is 11.7. The summed E-state index contributed by atoms with van der Waals surface area (Å²) in [5, 5.41) is 4.02. The number of hydrogen-bond acceptors (Lipinski definition) is 4. The van der Waals surface area contributed by atoms with E-state index in [4.69, 9.17) is 4.42 Å². The monoisotopic (exact) mass is 453 g/mol. The highest BCUT2D eigenvalue weighted by Crippen LogP contribution is 2.21. The van der Waals surface area contributed by atoms with Crippen LogP contribution in [0.15, 0.2) is 51.7 Å². The maximum atomic E-state index is 13.7. The van der Waals surface area contributed by atoms with E-state index in [0.717, 1.165) is 22.1 Å². The molecule has 0 aliphatic carbocycles. The number of fused-ring (bicyclic) bond motifs is 1. The Labute approximate surface area is 198 Å². The number of carbonyl (C=O) groups is 2. The van der Waals surface area contributed by atoms with Gasteiger partial charge in [0.25, 0.3) is 0 Å². The van der Waals surface area contributed by atoms with Crippen molar-refractivity contribution in [2.24, 2.45) is 16.3 Å². The summed E-state index contributed by atoms with van der Waals surface area (Å²) in [6, 6.07) is 7.25. The van der Waals surface area contributed by atoms with E-state index in [0.29, 0.717) is 31.8 Å². The van der Waals surface area contributed by atoms with Crippen LogP contribution in [0.4, 0.5) is 0 Å². The summed E-state index contributed by atoms with van der Waals surface area (Å²) in [4.78, 5) is 32.5. The predicted molar refractivity (Wildman–Crippen MR) is 135 cm³/mol. The van der Waals surface area contributed by atoms with Gasteiger partial charge in [-0.1, -0.05) is 46.3 Å². The van der Waals surface area contributed by atoms with E-state index in [2.05, 4.69) is 24.2 Å². The lowest BCUT2D eigenvalue weighted by atomic mass is 9.91. The minimum Gasteiger partial charge on any atom is -0.464 e. The van der Waals surface area contributed by atoms with Crippen molar-refractivity contribution in [3.05, 3.63) is 47.9 Å². The Balaban J connectivity index is 2.29. The van der Waals surface area contributed by atoms with Crippen LogP contribution in [-0.2, 0) is 16.1 Å². The molecule has 6 heteroatoms. The van der Waals surface area contributed by atoms with Gasteiger partial charge in [-0.3, -0.25) is 14.6 Å². The van der Waals surface area contributed by atoms with E-state index in [1.807, 2.05) is 63.8 Å². The van der Waals surface area contributed by atoms with Crippen LogP contribution in [0.3, 0.4) is 0 Å². The summed E-state index contributed by atoms with van der Waals surface area (Å²) in [7, 11) is 0. The molecule has 2 aromatic rings. The number of aliphatic imine (C=N–C) groups is 1. The van der Waals surface area contributed by atoms with E-state index in [-0.39, 0.29) is 17.2 Å². The molecule has 33 heavy (non-hydrogen) atoms. The lowest BCUT2D eigenvalue weighted by Gasteiger charge is -2.30. The number of nitrogens with zero attached hydrogens (tertiary/aromatic N) is 2. The molecule has 0 aliphatic rings. The number of amides is 2. The molecule has 0 aliphatic heterocycles. The van der Waals surface area contributed by atoms with Gasteiger partial charge in [0.15, 0.2) is 0 Å². The van der Waals surface area contributed by atoms with Crippen LogP contribution in [0, 0.1) is 11.3 Å². The highest BCUT2D eigenvalue weighted by Gasteiger charge is 2.28. The molecule has 0 fully saturated rings. The van der Waals surface area contributed by atoms with Crippen LogP contribution in [-0.4, -0.2) is 35.5 Å². The summed E-state index contributed by atoms with van der Waals surface area (Å²) in [5.74, 6) is 0.0993. The van der Waals surface area contributed by atoms with Crippen LogP contribution in [0.5, 0.6) is 0 Å². The third-order valence-corrected chi connectivity index (χ3v) is 5.08. The molecular formula is C27H39N3O3. The van der Waals surface area contributed by atoms with Gasteiger partial charge in [-0.05, 0) is 55.4 Å². The molecule has 180 valence electrons. The lowest BCUT2D eigenvalue weighted by molar-refractivity contribution is -0.137. The number of carbonyl (C=O) groups excluding carboxylic acids is 2. The van der Waals surface area contributed by atoms with Crippen molar-refractivity contribution >= 4 is 29.0 Å². The van der Waals surface area contributed by atoms with Gasteiger partial charge in [0, 0.05) is 37.3 Å². The van der Waals surface area contributed by atoms with Gasteiger partial charge in [0.05, 0.1) is 6.26 Å². The van der Waals surface area contributed by atoms with Gasteiger partial charge in [0.2, 0.25) is 11.8 Å². The molecular weight excluding hydrogens is 414 g/mol. The number of nitrogens with one attached hydrogen (secondary N) is 1. The Bertz CT molecular complexity index is 995. The van der Waals surface area contributed by atoms with Gasteiger partial charge in [-0.15, -0.1) is 0 Å². The van der Waals surface area contributed by atoms with Crippen LogP contribution < -0.4 is 5.32 Å². The van der Waals surface area contributed by atoms with Gasteiger partial charge < -0.3 is 14.6 Å². The summed E-state index contributed by atoms with van der Waals surface area (Å²) in [5.41, 5.74) is 2.63. The van der Waals surface area contributed by atoms with Gasteiger partial charge in [-0.25, -0.2) is 0 Å². The fraction of sp³-hybridized carbons (Fsp3) is 0.519. The zero-order chi connectivity index (χ0) is 24.6. The van der Waals surface area contributed by atoms with Crippen LogP contribution in [0.1, 0.15) is 66.9 Å². The average molecular weight is 454 g/mol.